The number of carboxylic acid groups (broad SMARTS) is 1. The molecule has 0 amide bonds. The molecule has 0 aromatic heterocycles. The average molecular weight is 857 g/mol. The number of aliphatic carboxylic acids is 1. The van der Waals surface area contributed by atoms with Crippen molar-refractivity contribution in [2.75, 3.05) is 47.5 Å². The van der Waals surface area contributed by atoms with Crippen LogP contribution < -0.4 is 0 Å². The number of carbonyl (C=O) groups excluding carboxylic acids is 2. The fourth-order valence-corrected chi connectivity index (χ4v) is 6.25. The van der Waals surface area contributed by atoms with Gasteiger partial charge in [0, 0.05) is 12.8 Å². The number of ether oxygens (including phenoxy) is 4. The van der Waals surface area contributed by atoms with Gasteiger partial charge in [0.2, 0.25) is 0 Å². The van der Waals surface area contributed by atoms with E-state index in [1.165, 1.54) is 64.2 Å². The molecular formula is C52H90NO8+. The van der Waals surface area contributed by atoms with E-state index in [0.29, 0.717) is 23.9 Å². The van der Waals surface area contributed by atoms with Crippen LogP contribution in [0.25, 0.3) is 0 Å². The summed E-state index contributed by atoms with van der Waals surface area (Å²) in [6, 6.07) is 0. The maximum Gasteiger partial charge on any atom is 0.361 e. The summed E-state index contributed by atoms with van der Waals surface area (Å²) in [7, 11) is 5.94. The van der Waals surface area contributed by atoms with Crippen LogP contribution in [-0.4, -0.2) is 87.4 Å². The van der Waals surface area contributed by atoms with E-state index in [4.69, 9.17) is 18.9 Å². The fraction of sp³-hybridized carbons (Fsp3) is 0.712. The lowest BCUT2D eigenvalue weighted by molar-refractivity contribution is -0.870. The fourth-order valence-electron chi connectivity index (χ4n) is 6.25. The molecule has 0 rings (SSSR count). The normalized spacial score (nSPS) is 13.5. The minimum Gasteiger partial charge on any atom is -0.477 e. The summed E-state index contributed by atoms with van der Waals surface area (Å²) < 4.78 is 22.7. The van der Waals surface area contributed by atoms with Crippen LogP contribution in [0, 0.1) is 0 Å². The van der Waals surface area contributed by atoms with Gasteiger partial charge in [-0.25, -0.2) is 4.79 Å². The number of unbranched alkanes of at least 4 members (excludes halogenated alkanes) is 16. The van der Waals surface area contributed by atoms with Gasteiger partial charge in [0.05, 0.1) is 34.4 Å². The van der Waals surface area contributed by atoms with E-state index in [0.717, 1.165) is 83.5 Å². The number of allylic oxidation sites excluding steroid dienone is 12. The Morgan fingerprint density at radius 1 is 0.508 bits per heavy atom. The SMILES string of the molecule is CC/C=C\C/C=C\C/C=C\C/C=C\C/C=C\C/C=C\CCCCCCCCCCC(=O)OC(COC(=O)CCCCCCCCCCC)COC(OCC[N+](C)(C)C)C(=O)O. The van der Waals surface area contributed by atoms with Gasteiger partial charge in [-0.05, 0) is 64.2 Å². The first-order chi connectivity index (χ1) is 29.6. The summed E-state index contributed by atoms with van der Waals surface area (Å²) >= 11 is 0. The quantitative estimate of drug-likeness (QED) is 0.0212. The molecule has 0 heterocycles. The third kappa shape index (κ3) is 44.6. The van der Waals surface area contributed by atoms with Gasteiger partial charge in [-0.1, -0.05) is 177 Å². The first-order valence-corrected chi connectivity index (χ1v) is 24.1. The number of nitrogens with zero attached hydrogens (tertiary/aromatic N) is 1. The molecule has 350 valence electrons. The molecule has 0 aromatic rings. The lowest BCUT2D eigenvalue weighted by Crippen LogP contribution is -2.40. The van der Waals surface area contributed by atoms with Crippen LogP contribution in [-0.2, 0) is 33.3 Å². The highest BCUT2D eigenvalue weighted by Gasteiger charge is 2.25. The molecule has 0 bridgehead atoms. The minimum absolute atomic E-state index is 0.184. The number of quaternary nitrogens is 1. The molecule has 0 aromatic carbocycles. The Kier molecular flexibility index (Phi) is 41.1. The molecule has 9 nitrogen and oxygen atoms in total. The molecule has 2 atom stereocenters. The van der Waals surface area contributed by atoms with Crippen LogP contribution in [0.3, 0.4) is 0 Å². The summed E-state index contributed by atoms with van der Waals surface area (Å²) in [6.45, 7) is 4.71. The summed E-state index contributed by atoms with van der Waals surface area (Å²) in [5.74, 6) is -2.03. The van der Waals surface area contributed by atoms with Crippen molar-refractivity contribution >= 4 is 17.9 Å². The molecule has 0 radical (unpaired) electrons. The highest BCUT2D eigenvalue weighted by atomic mass is 16.7. The van der Waals surface area contributed by atoms with E-state index in [2.05, 4.69) is 86.8 Å². The van der Waals surface area contributed by atoms with Crippen molar-refractivity contribution in [2.45, 2.75) is 193 Å². The molecule has 2 unspecified atom stereocenters. The third-order valence-corrected chi connectivity index (χ3v) is 9.98. The summed E-state index contributed by atoms with van der Waals surface area (Å²) in [5.41, 5.74) is 0. The molecular weight excluding hydrogens is 767 g/mol. The highest BCUT2D eigenvalue weighted by Crippen LogP contribution is 2.14. The third-order valence-electron chi connectivity index (χ3n) is 9.98. The van der Waals surface area contributed by atoms with Gasteiger partial charge in [-0.2, -0.15) is 0 Å². The second kappa shape index (κ2) is 43.4. The lowest BCUT2D eigenvalue weighted by Gasteiger charge is -2.25. The maximum atomic E-state index is 12.8. The topological polar surface area (TPSA) is 108 Å². The molecule has 61 heavy (non-hydrogen) atoms. The largest absolute Gasteiger partial charge is 0.477 e. The van der Waals surface area contributed by atoms with Crippen LogP contribution in [0.2, 0.25) is 0 Å². The predicted molar refractivity (Wildman–Crippen MR) is 253 cm³/mol. The number of rotatable bonds is 43. The maximum absolute atomic E-state index is 12.8. The van der Waals surface area contributed by atoms with E-state index in [1.54, 1.807) is 0 Å². The van der Waals surface area contributed by atoms with Crippen LogP contribution in [0.4, 0.5) is 0 Å². The van der Waals surface area contributed by atoms with Gasteiger partial charge in [0.15, 0.2) is 6.10 Å². The smallest absolute Gasteiger partial charge is 0.361 e. The summed E-state index contributed by atoms with van der Waals surface area (Å²) in [5, 5.41) is 9.63. The average Bonchev–Trinajstić information content (AvgIpc) is 3.22. The Labute approximate surface area is 373 Å². The van der Waals surface area contributed by atoms with Crippen molar-refractivity contribution in [3.63, 3.8) is 0 Å². The molecule has 0 aliphatic carbocycles. The van der Waals surface area contributed by atoms with Crippen molar-refractivity contribution in [1.29, 1.82) is 0 Å². The summed E-state index contributed by atoms with van der Waals surface area (Å²) in [4.78, 5) is 37.1. The second-order valence-corrected chi connectivity index (χ2v) is 17.0. The molecule has 0 fully saturated rings. The molecule has 0 aliphatic rings. The van der Waals surface area contributed by atoms with Gasteiger partial charge in [0.1, 0.15) is 13.2 Å². The molecule has 0 saturated carbocycles. The zero-order valence-corrected chi connectivity index (χ0v) is 39.5. The number of hydrogen-bond acceptors (Lipinski definition) is 7. The van der Waals surface area contributed by atoms with E-state index >= 15 is 0 Å². The van der Waals surface area contributed by atoms with Gasteiger partial charge in [-0.15, -0.1) is 0 Å². The van der Waals surface area contributed by atoms with Gasteiger partial charge >= 0.3 is 17.9 Å². The van der Waals surface area contributed by atoms with Crippen LogP contribution in [0.15, 0.2) is 72.9 Å². The lowest BCUT2D eigenvalue weighted by atomic mass is 10.1. The molecule has 1 N–H and O–H groups in total. The Bertz CT molecular complexity index is 1230. The zero-order valence-electron chi connectivity index (χ0n) is 39.5. The first-order valence-electron chi connectivity index (χ1n) is 24.1. The number of likely N-dealkylation sites (N-methyl/N-ethyl adjacent to an activating group) is 1. The van der Waals surface area contributed by atoms with Crippen molar-refractivity contribution in [2.24, 2.45) is 0 Å². The van der Waals surface area contributed by atoms with Crippen LogP contribution in [0.1, 0.15) is 181 Å². The van der Waals surface area contributed by atoms with Crippen molar-refractivity contribution < 1.29 is 42.9 Å². The van der Waals surface area contributed by atoms with Crippen molar-refractivity contribution in [3.8, 4) is 0 Å². The highest BCUT2D eigenvalue weighted by molar-refractivity contribution is 5.71. The monoisotopic (exact) mass is 857 g/mol. The van der Waals surface area contributed by atoms with E-state index < -0.39 is 24.3 Å². The molecule has 0 saturated heterocycles. The zero-order chi connectivity index (χ0) is 44.9. The van der Waals surface area contributed by atoms with Gasteiger partial charge in [-0.3, -0.25) is 9.59 Å². The second-order valence-electron chi connectivity index (χ2n) is 17.0. The first kappa shape index (κ1) is 57.7. The molecule has 0 spiro atoms. The Balaban J connectivity index is 4.28. The van der Waals surface area contributed by atoms with E-state index in [1.807, 2.05) is 21.1 Å². The number of esters is 2. The van der Waals surface area contributed by atoms with Crippen molar-refractivity contribution in [1.82, 2.24) is 0 Å². The molecule has 0 aliphatic heterocycles. The summed E-state index contributed by atoms with van der Waals surface area (Å²) in [6.07, 6.45) is 51.2. The Hall–Kier alpha value is -3.27. The molecule has 9 heteroatoms. The number of carbonyl (C=O) groups is 3. The van der Waals surface area contributed by atoms with Crippen molar-refractivity contribution in [3.05, 3.63) is 72.9 Å². The Morgan fingerprint density at radius 3 is 1.39 bits per heavy atom. The van der Waals surface area contributed by atoms with E-state index in [-0.39, 0.29) is 32.2 Å². The van der Waals surface area contributed by atoms with Gasteiger partial charge in [0.25, 0.3) is 6.29 Å². The number of hydrogen-bond donors (Lipinski definition) is 1. The van der Waals surface area contributed by atoms with Crippen LogP contribution in [0.5, 0.6) is 0 Å². The van der Waals surface area contributed by atoms with Crippen LogP contribution >= 0.6 is 0 Å². The predicted octanol–water partition coefficient (Wildman–Crippen LogP) is 13.1. The van der Waals surface area contributed by atoms with E-state index in [9.17, 15) is 19.5 Å². The Morgan fingerprint density at radius 2 is 0.934 bits per heavy atom. The number of carboxylic acids is 1. The van der Waals surface area contributed by atoms with Gasteiger partial charge < -0.3 is 28.5 Å². The standard InChI is InChI=1S/C52H89NO8/c1-6-8-10-12-14-16-17-18-19-20-21-22-23-24-25-26-27-28-29-30-31-32-33-35-37-39-41-43-50(55)61-48(47-60-52(51(56)57)58-45-44-53(3,4)5)46-59-49(54)42-40-38-36-34-15-13-11-9-7-2/h8,10,14,16,18-19,21-22,24-25,27-28,48,52H,6-7,9,11-13,15,17,20,23,26,29-47H2,1-5H3/p+1/b10-8-,16-14-,19-18-,22-21-,25-24-,28-27-. The minimum atomic E-state index is -1.51.